The van der Waals surface area contributed by atoms with Crippen LogP contribution in [0.2, 0.25) is 0 Å². The SMILES string of the molecule is COC(=O)c1ccnc(NC(=O)c2c(C)cc(C3CCNCC3)oc2=O)c1. The van der Waals surface area contributed by atoms with Crippen molar-refractivity contribution in [3.8, 4) is 0 Å². The van der Waals surface area contributed by atoms with E-state index in [1.54, 1.807) is 13.0 Å². The number of nitrogens with zero attached hydrogens (tertiary/aromatic N) is 1. The lowest BCUT2D eigenvalue weighted by atomic mass is 9.94. The van der Waals surface area contributed by atoms with Crippen molar-refractivity contribution in [1.29, 1.82) is 0 Å². The summed E-state index contributed by atoms with van der Waals surface area (Å²) < 4.78 is 10.1. The maximum atomic E-state index is 12.6. The Morgan fingerprint density at radius 2 is 2.04 bits per heavy atom. The van der Waals surface area contributed by atoms with Crippen molar-refractivity contribution in [2.75, 3.05) is 25.5 Å². The van der Waals surface area contributed by atoms with Gasteiger partial charge < -0.3 is 19.8 Å². The molecule has 1 aliphatic rings. The van der Waals surface area contributed by atoms with Gasteiger partial charge in [0.2, 0.25) is 0 Å². The van der Waals surface area contributed by atoms with E-state index in [1.807, 2.05) is 0 Å². The van der Waals surface area contributed by atoms with Gasteiger partial charge >= 0.3 is 11.6 Å². The van der Waals surface area contributed by atoms with Crippen LogP contribution in [0.4, 0.5) is 5.82 Å². The maximum Gasteiger partial charge on any atom is 0.349 e. The summed E-state index contributed by atoms with van der Waals surface area (Å²) in [5.41, 5.74) is 0.0392. The molecule has 8 heteroatoms. The summed E-state index contributed by atoms with van der Waals surface area (Å²) in [6.07, 6.45) is 3.15. The molecule has 2 aromatic rings. The lowest BCUT2D eigenvalue weighted by molar-refractivity contribution is 0.0600. The van der Waals surface area contributed by atoms with Crippen LogP contribution in [0.25, 0.3) is 0 Å². The molecule has 0 spiro atoms. The highest BCUT2D eigenvalue weighted by atomic mass is 16.5. The van der Waals surface area contributed by atoms with Crippen molar-refractivity contribution in [2.24, 2.45) is 0 Å². The van der Waals surface area contributed by atoms with E-state index in [1.165, 1.54) is 25.4 Å². The number of ether oxygens (including phenoxy) is 1. The highest BCUT2D eigenvalue weighted by Crippen LogP contribution is 2.25. The molecule has 0 unspecified atom stereocenters. The third-order valence-corrected chi connectivity index (χ3v) is 4.56. The van der Waals surface area contributed by atoms with Crippen LogP contribution in [-0.4, -0.2) is 37.1 Å². The Hall–Kier alpha value is -3.00. The van der Waals surface area contributed by atoms with Crippen LogP contribution in [0.15, 0.2) is 33.6 Å². The molecule has 2 N–H and O–H groups in total. The molecule has 0 radical (unpaired) electrons. The Balaban J connectivity index is 1.83. The Morgan fingerprint density at radius 3 is 2.70 bits per heavy atom. The first-order valence-electron chi connectivity index (χ1n) is 8.70. The van der Waals surface area contributed by atoms with Crippen molar-refractivity contribution in [3.05, 3.63) is 57.3 Å². The lowest BCUT2D eigenvalue weighted by Crippen LogP contribution is -2.28. The number of aryl methyl sites for hydroxylation is 1. The summed E-state index contributed by atoms with van der Waals surface area (Å²) in [4.78, 5) is 40.6. The summed E-state index contributed by atoms with van der Waals surface area (Å²) >= 11 is 0. The number of pyridine rings is 1. The smallest absolute Gasteiger partial charge is 0.349 e. The number of piperidine rings is 1. The van der Waals surface area contributed by atoms with E-state index in [-0.39, 0.29) is 22.9 Å². The van der Waals surface area contributed by atoms with Crippen LogP contribution in [0.1, 0.15) is 50.8 Å². The van der Waals surface area contributed by atoms with E-state index in [0.29, 0.717) is 11.3 Å². The van der Waals surface area contributed by atoms with E-state index < -0.39 is 17.5 Å². The minimum absolute atomic E-state index is 0.0713. The molecule has 142 valence electrons. The van der Waals surface area contributed by atoms with Crippen molar-refractivity contribution in [1.82, 2.24) is 10.3 Å². The topological polar surface area (TPSA) is 111 Å². The number of nitrogens with one attached hydrogen (secondary N) is 2. The summed E-state index contributed by atoms with van der Waals surface area (Å²) in [6.45, 7) is 3.45. The van der Waals surface area contributed by atoms with E-state index in [4.69, 9.17) is 4.42 Å². The molecule has 2 aromatic heterocycles. The number of carbonyl (C=O) groups excluding carboxylic acids is 2. The van der Waals surface area contributed by atoms with Crippen LogP contribution in [0, 0.1) is 6.92 Å². The maximum absolute atomic E-state index is 12.6. The van der Waals surface area contributed by atoms with Gasteiger partial charge in [0.15, 0.2) is 0 Å². The molecular formula is C19H21N3O5. The molecule has 3 rings (SSSR count). The second-order valence-corrected chi connectivity index (χ2v) is 6.39. The highest BCUT2D eigenvalue weighted by Gasteiger charge is 2.23. The van der Waals surface area contributed by atoms with Gasteiger partial charge in [-0.1, -0.05) is 0 Å². The van der Waals surface area contributed by atoms with Crippen LogP contribution < -0.4 is 16.3 Å². The van der Waals surface area contributed by atoms with E-state index >= 15 is 0 Å². The Kier molecular flexibility index (Phi) is 5.66. The standard InChI is InChI=1S/C19H21N3O5/c1-11-9-14(12-3-6-20-7-4-12)27-19(25)16(11)17(23)22-15-10-13(5-8-21-15)18(24)26-2/h5,8-10,12,20H,3-4,6-7H2,1-2H3,(H,21,22,23). The van der Waals surface area contributed by atoms with Crippen LogP contribution >= 0.6 is 0 Å². The molecular weight excluding hydrogens is 350 g/mol. The number of carbonyl (C=O) groups is 2. The molecule has 1 saturated heterocycles. The predicted octanol–water partition coefficient (Wildman–Crippen LogP) is 1.85. The molecule has 0 aromatic carbocycles. The number of anilines is 1. The Morgan fingerprint density at radius 1 is 1.30 bits per heavy atom. The molecule has 8 nitrogen and oxygen atoms in total. The largest absolute Gasteiger partial charge is 0.465 e. The average molecular weight is 371 g/mol. The van der Waals surface area contributed by atoms with Crippen molar-refractivity contribution in [3.63, 3.8) is 0 Å². The molecule has 0 atom stereocenters. The number of hydrogen-bond donors (Lipinski definition) is 2. The Bertz CT molecular complexity index is 916. The average Bonchev–Trinajstić information content (AvgIpc) is 2.67. The van der Waals surface area contributed by atoms with Gasteiger partial charge in [0.1, 0.15) is 17.1 Å². The summed E-state index contributed by atoms with van der Waals surface area (Å²) in [6, 6.07) is 4.60. The highest BCUT2D eigenvalue weighted by molar-refractivity contribution is 6.04. The van der Waals surface area contributed by atoms with Crippen LogP contribution in [-0.2, 0) is 4.74 Å². The van der Waals surface area contributed by atoms with Crippen molar-refractivity contribution in [2.45, 2.75) is 25.7 Å². The number of hydrogen-bond acceptors (Lipinski definition) is 7. The second kappa shape index (κ2) is 8.13. The normalized spacial score (nSPS) is 14.6. The van der Waals surface area contributed by atoms with Gasteiger partial charge in [0.25, 0.3) is 5.91 Å². The zero-order valence-electron chi connectivity index (χ0n) is 15.2. The minimum atomic E-state index is -0.676. The van der Waals surface area contributed by atoms with E-state index in [9.17, 15) is 14.4 Å². The zero-order chi connectivity index (χ0) is 19.4. The number of rotatable bonds is 4. The molecule has 0 bridgehead atoms. The number of methoxy groups -OCH3 is 1. The van der Waals surface area contributed by atoms with Crippen molar-refractivity contribution < 1.29 is 18.7 Å². The summed E-state index contributed by atoms with van der Waals surface area (Å²) in [7, 11) is 1.26. The fraction of sp³-hybridized carbons (Fsp3) is 0.368. The quantitative estimate of drug-likeness (QED) is 0.789. The molecule has 1 amide bonds. The molecule has 3 heterocycles. The fourth-order valence-corrected chi connectivity index (χ4v) is 3.14. The first-order chi connectivity index (χ1) is 13.0. The lowest BCUT2D eigenvalue weighted by Gasteiger charge is -2.21. The molecule has 1 fully saturated rings. The third kappa shape index (κ3) is 4.22. The molecule has 27 heavy (non-hydrogen) atoms. The predicted molar refractivity (Wildman–Crippen MR) is 98.1 cm³/mol. The fourth-order valence-electron chi connectivity index (χ4n) is 3.14. The van der Waals surface area contributed by atoms with Gasteiger partial charge in [-0.15, -0.1) is 0 Å². The summed E-state index contributed by atoms with van der Waals surface area (Å²) in [5, 5.41) is 5.79. The van der Waals surface area contributed by atoms with E-state index in [2.05, 4.69) is 20.4 Å². The summed E-state index contributed by atoms with van der Waals surface area (Å²) in [5.74, 6) is -0.249. The molecule has 1 aliphatic heterocycles. The molecule has 0 aliphatic carbocycles. The van der Waals surface area contributed by atoms with Gasteiger partial charge in [-0.05, 0) is 56.6 Å². The molecule has 0 saturated carbocycles. The number of amides is 1. The van der Waals surface area contributed by atoms with Gasteiger partial charge in [-0.25, -0.2) is 14.6 Å². The van der Waals surface area contributed by atoms with Gasteiger partial charge in [-0.3, -0.25) is 4.79 Å². The number of aromatic nitrogens is 1. The Labute approximate surface area is 155 Å². The number of esters is 1. The van der Waals surface area contributed by atoms with Crippen LogP contribution in [0.3, 0.4) is 0 Å². The monoisotopic (exact) mass is 371 g/mol. The minimum Gasteiger partial charge on any atom is -0.465 e. The van der Waals surface area contributed by atoms with Gasteiger partial charge in [-0.2, -0.15) is 0 Å². The van der Waals surface area contributed by atoms with Gasteiger partial charge in [0.05, 0.1) is 12.7 Å². The zero-order valence-corrected chi connectivity index (χ0v) is 15.2. The third-order valence-electron chi connectivity index (χ3n) is 4.56. The van der Waals surface area contributed by atoms with E-state index in [0.717, 1.165) is 25.9 Å². The first kappa shape index (κ1) is 18.8. The van der Waals surface area contributed by atoms with Crippen molar-refractivity contribution >= 4 is 17.7 Å². The second-order valence-electron chi connectivity index (χ2n) is 6.39. The van der Waals surface area contributed by atoms with Crippen LogP contribution in [0.5, 0.6) is 0 Å². The first-order valence-corrected chi connectivity index (χ1v) is 8.70. The van der Waals surface area contributed by atoms with Gasteiger partial charge in [0, 0.05) is 12.1 Å².